The number of aldehydes is 2. The molecule has 1 aliphatic heterocycles. The molecule has 0 bridgehead atoms. The van der Waals surface area contributed by atoms with Crippen LogP contribution in [-0.2, 0) is 26.2 Å². The average molecular weight is 753 g/mol. The van der Waals surface area contributed by atoms with Gasteiger partial charge in [0.1, 0.15) is 18.4 Å². The van der Waals surface area contributed by atoms with Gasteiger partial charge in [0.05, 0.1) is 5.41 Å². The number of Topliss-reactive ketones (excluding diaryl/α,β-unsaturated/α-hetero) is 1. The Morgan fingerprint density at radius 1 is 1.09 bits per heavy atom. The highest BCUT2D eigenvalue weighted by Gasteiger charge is 2.36. The van der Waals surface area contributed by atoms with Gasteiger partial charge in [-0.2, -0.15) is 0 Å². The van der Waals surface area contributed by atoms with Crippen molar-refractivity contribution in [3.8, 4) is 0 Å². The van der Waals surface area contributed by atoms with Crippen LogP contribution in [0.2, 0.25) is 5.02 Å². The summed E-state index contributed by atoms with van der Waals surface area (Å²) in [5, 5.41) is 0.736. The van der Waals surface area contributed by atoms with Gasteiger partial charge >= 0.3 is 0 Å². The summed E-state index contributed by atoms with van der Waals surface area (Å²) in [6, 6.07) is 11.8. The quantitative estimate of drug-likeness (QED) is 0.0862. The molecule has 3 unspecified atom stereocenters. The van der Waals surface area contributed by atoms with Crippen molar-refractivity contribution < 1.29 is 14.4 Å². The van der Waals surface area contributed by atoms with Gasteiger partial charge < -0.3 is 10.5 Å². The summed E-state index contributed by atoms with van der Waals surface area (Å²) < 4.78 is 1.00. The summed E-state index contributed by atoms with van der Waals surface area (Å²) in [4.78, 5) is 32.8. The molecule has 1 fully saturated rings. The number of carbonyl (C=O) groups is 3. The molecule has 0 radical (unpaired) electrons. The lowest BCUT2D eigenvalue weighted by molar-refractivity contribution is -0.122. The van der Waals surface area contributed by atoms with Crippen LogP contribution in [0.25, 0.3) is 0 Å². The maximum Gasteiger partial charge on any atom is 0.145 e. The van der Waals surface area contributed by atoms with Crippen molar-refractivity contribution in [1.82, 2.24) is 0 Å². The first-order chi connectivity index (χ1) is 22.3. The number of allylic oxidation sites excluding steroid dienone is 3. The van der Waals surface area contributed by atoms with Crippen molar-refractivity contribution in [3.05, 3.63) is 86.9 Å². The van der Waals surface area contributed by atoms with Crippen LogP contribution >= 0.6 is 36.1 Å². The molecule has 0 aliphatic carbocycles. The highest BCUT2D eigenvalue weighted by Crippen LogP contribution is 2.42. The van der Waals surface area contributed by atoms with E-state index in [4.69, 9.17) is 17.3 Å². The van der Waals surface area contributed by atoms with Gasteiger partial charge in [-0.25, -0.2) is 0 Å². The molecule has 3 rings (SSSR count). The number of benzene rings is 2. The molecule has 2 aromatic rings. The molecule has 0 amide bonds. The summed E-state index contributed by atoms with van der Waals surface area (Å²) in [7, 11) is 0.899. The van der Waals surface area contributed by atoms with E-state index in [2.05, 4.69) is 43.3 Å². The van der Waals surface area contributed by atoms with Crippen molar-refractivity contribution in [2.75, 3.05) is 18.1 Å². The fraction of sp³-hybridized carbons (Fsp3) is 0.525. The molecule has 1 saturated heterocycles. The second kappa shape index (κ2) is 30.0. The Morgan fingerprint density at radius 2 is 1.68 bits per heavy atom. The van der Waals surface area contributed by atoms with E-state index in [0.29, 0.717) is 17.8 Å². The van der Waals surface area contributed by atoms with Gasteiger partial charge in [0.25, 0.3) is 0 Å². The number of anilines is 1. The molecule has 47 heavy (non-hydrogen) atoms. The Balaban J connectivity index is -0.000000575. The Hall–Kier alpha value is -2.07. The third-order valence-corrected chi connectivity index (χ3v) is 9.47. The molecule has 4 nitrogen and oxygen atoms in total. The van der Waals surface area contributed by atoms with Crippen LogP contribution in [0.5, 0.6) is 0 Å². The van der Waals surface area contributed by atoms with Crippen molar-refractivity contribution in [2.45, 2.75) is 114 Å². The van der Waals surface area contributed by atoms with E-state index >= 15 is 0 Å². The molecule has 2 N–H and O–H groups in total. The van der Waals surface area contributed by atoms with E-state index in [1.165, 1.54) is 6.42 Å². The first-order valence-electron chi connectivity index (χ1n) is 17.0. The van der Waals surface area contributed by atoms with Crippen LogP contribution in [0, 0.1) is 18.8 Å². The molecule has 3 atom stereocenters. The van der Waals surface area contributed by atoms with Crippen molar-refractivity contribution in [2.24, 2.45) is 11.8 Å². The number of rotatable bonds is 10. The van der Waals surface area contributed by atoms with E-state index in [1.54, 1.807) is 19.1 Å². The summed E-state index contributed by atoms with van der Waals surface area (Å²) in [6.45, 7) is 25.8. The Morgan fingerprint density at radius 3 is 2.09 bits per heavy atom. The van der Waals surface area contributed by atoms with Crippen LogP contribution in [0.4, 0.5) is 5.69 Å². The lowest BCUT2D eigenvalue weighted by Crippen LogP contribution is -2.28. The highest BCUT2D eigenvalue weighted by molar-refractivity contribution is 9.10. The van der Waals surface area contributed by atoms with Gasteiger partial charge in [0.15, 0.2) is 0 Å². The van der Waals surface area contributed by atoms with Crippen molar-refractivity contribution >= 4 is 60.2 Å². The first kappa shape index (κ1) is 49.3. The van der Waals surface area contributed by atoms with E-state index in [-0.39, 0.29) is 11.3 Å². The number of nitrogens with two attached hydrogens (primary N) is 1. The minimum absolute atomic E-state index is 0.0479. The standard InChI is InChI=1S/C13H16BrClO.C12H16NOP.C6H8O.C5H12.2C2H6/c1-3-4-13(16)9(2)7-10-8-11(14)5-6-12(10)15;1-9-2-3-10(11(13)6-9)12(7-14)4-5-15-8-12;1-3-4-6(2)5-7;1-4-5(2)3;2*1-2/h5-6,8-9H,3-4,7H2,1-2H3;2-3,6-7,15H,4-5,8,13H2,1H3;3-5H,1H2,2H3;5H,4H2,1-3H3;2*1-2H3/b;;6-4+;;;. The molecule has 1 heterocycles. The van der Waals surface area contributed by atoms with Crippen LogP contribution in [0.1, 0.15) is 112 Å². The number of hydrogen-bond acceptors (Lipinski definition) is 4. The van der Waals surface area contributed by atoms with E-state index in [9.17, 15) is 14.4 Å². The van der Waals surface area contributed by atoms with E-state index in [0.717, 1.165) is 90.5 Å². The van der Waals surface area contributed by atoms with E-state index in [1.807, 2.05) is 84.9 Å². The van der Waals surface area contributed by atoms with Crippen LogP contribution in [0.3, 0.4) is 0 Å². The fourth-order valence-corrected chi connectivity index (χ4v) is 6.40. The number of nitrogen functional groups attached to an aromatic ring is 1. The number of ketones is 1. The van der Waals surface area contributed by atoms with Gasteiger partial charge in [0.2, 0.25) is 0 Å². The lowest BCUT2D eigenvalue weighted by Gasteiger charge is -2.24. The maximum atomic E-state index is 11.7. The summed E-state index contributed by atoms with van der Waals surface area (Å²) in [5.74, 6) is 1.25. The number of carbonyl (C=O) groups excluding carboxylic acids is 3. The molecular formula is C40H64BrClNO3P. The minimum Gasteiger partial charge on any atom is -0.398 e. The molecular weight excluding hydrogens is 689 g/mol. The zero-order valence-corrected chi connectivity index (χ0v) is 34.5. The topological polar surface area (TPSA) is 77.2 Å². The van der Waals surface area contributed by atoms with Gasteiger partial charge in [-0.3, -0.25) is 9.59 Å². The van der Waals surface area contributed by atoms with Crippen LogP contribution in [-0.4, -0.2) is 30.7 Å². The second-order valence-corrected chi connectivity index (χ2v) is 14.1. The van der Waals surface area contributed by atoms with Gasteiger partial charge in [-0.15, -0.1) is 8.58 Å². The predicted molar refractivity (Wildman–Crippen MR) is 216 cm³/mol. The summed E-state index contributed by atoms with van der Waals surface area (Å²) >= 11 is 9.50. The smallest absolute Gasteiger partial charge is 0.145 e. The molecule has 1 aliphatic rings. The fourth-order valence-electron chi connectivity index (χ4n) is 4.10. The van der Waals surface area contributed by atoms with Crippen molar-refractivity contribution in [3.63, 3.8) is 0 Å². The predicted octanol–water partition coefficient (Wildman–Crippen LogP) is 12.2. The van der Waals surface area contributed by atoms with Crippen LogP contribution in [0.15, 0.2) is 65.2 Å². The zero-order valence-electron chi connectivity index (χ0n) is 31.1. The summed E-state index contributed by atoms with van der Waals surface area (Å²) in [5.41, 5.74) is 10.4. The van der Waals surface area contributed by atoms with Gasteiger partial charge in [-0.1, -0.05) is 127 Å². The molecule has 2 aromatic carbocycles. The SMILES string of the molecule is C=C/C=C(\C)C=O.CC.CC.CCC(C)C.CCCC(=O)C(C)Cc1cc(Br)ccc1Cl.Cc1ccc(C2(C=O)CCPC2)c(N)c1. The average Bonchev–Trinajstić information content (AvgIpc) is 3.56. The Kier molecular flexibility index (Phi) is 31.5. The molecule has 0 spiro atoms. The first-order valence-corrected chi connectivity index (χ1v) is 19.6. The Labute approximate surface area is 303 Å². The van der Waals surface area contributed by atoms with Crippen molar-refractivity contribution in [1.29, 1.82) is 0 Å². The number of hydrogen-bond donors (Lipinski definition) is 1. The Bertz CT molecular complexity index is 1190. The molecule has 0 aromatic heterocycles. The second-order valence-electron chi connectivity index (χ2n) is 11.4. The van der Waals surface area contributed by atoms with Gasteiger partial charge in [0, 0.05) is 27.5 Å². The largest absolute Gasteiger partial charge is 0.398 e. The highest BCUT2D eigenvalue weighted by atomic mass is 79.9. The number of halogens is 2. The zero-order chi connectivity index (χ0) is 37.0. The third kappa shape index (κ3) is 21.5. The number of aryl methyl sites for hydroxylation is 1. The third-order valence-electron chi connectivity index (χ3n) is 7.12. The minimum atomic E-state index is -0.282. The van der Waals surface area contributed by atoms with E-state index < -0.39 is 0 Å². The van der Waals surface area contributed by atoms with Gasteiger partial charge in [-0.05, 0) is 97.9 Å². The lowest BCUT2D eigenvalue weighted by atomic mass is 9.80. The summed E-state index contributed by atoms with van der Waals surface area (Å²) in [6.07, 6.45) is 11.8. The normalized spacial score (nSPS) is 15.7. The molecule has 266 valence electrons. The molecule has 0 saturated carbocycles. The maximum absolute atomic E-state index is 11.7. The monoisotopic (exact) mass is 751 g/mol. The molecule has 7 heteroatoms. The van der Waals surface area contributed by atoms with Crippen LogP contribution < -0.4 is 5.73 Å².